The molecule has 2 heterocycles. The standard InChI is InChI=1S/C23H17N5O2/c1-2-22(29)28-21-12-19-20(13-24-21)25-15-26-23(19)27-17-8-10-18(11-9-17)30-14-16-6-4-3-5-7-16/h1,3-13,15H,14H2,(H,24,28,29)(H,25,26,27). The molecular formula is C23H17N5O2. The van der Waals surface area contributed by atoms with Gasteiger partial charge in [0.25, 0.3) is 0 Å². The van der Waals surface area contributed by atoms with E-state index in [-0.39, 0.29) is 0 Å². The molecule has 0 aliphatic heterocycles. The zero-order valence-electron chi connectivity index (χ0n) is 15.9. The number of hydrogen-bond donors (Lipinski definition) is 2. The lowest BCUT2D eigenvalue weighted by atomic mass is 10.2. The highest BCUT2D eigenvalue weighted by atomic mass is 16.5. The number of nitrogens with one attached hydrogen (secondary N) is 2. The van der Waals surface area contributed by atoms with Gasteiger partial charge in [0.1, 0.15) is 30.3 Å². The predicted molar refractivity (Wildman–Crippen MR) is 115 cm³/mol. The molecule has 0 bridgehead atoms. The van der Waals surface area contributed by atoms with Gasteiger partial charge in [-0.3, -0.25) is 10.1 Å². The summed E-state index contributed by atoms with van der Waals surface area (Å²) in [5.74, 6) is 3.09. The summed E-state index contributed by atoms with van der Waals surface area (Å²) in [5, 5.41) is 6.48. The largest absolute Gasteiger partial charge is 0.489 e. The molecule has 0 aliphatic carbocycles. The SMILES string of the molecule is C#CC(=O)Nc1cc2c(Nc3ccc(OCc4ccccc4)cc3)ncnc2cn1. The molecule has 2 aromatic heterocycles. The van der Waals surface area contributed by atoms with Crippen LogP contribution in [0, 0.1) is 12.3 Å². The lowest BCUT2D eigenvalue weighted by Gasteiger charge is -2.11. The molecule has 0 saturated heterocycles. The highest BCUT2D eigenvalue weighted by Crippen LogP contribution is 2.25. The first-order chi connectivity index (χ1) is 14.7. The number of aromatic nitrogens is 3. The highest BCUT2D eigenvalue weighted by Gasteiger charge is 2.08. The van der Waals surface area contributed by atoms with Gasteiger partial charge in [-0.2, -0.15) is 0 Å². The minimum atomic E-state index is -0.570. The first-order valence-corrected chi connectivity index (χ1v) is 9.13. The number of amides is 1. The van der Waals surface area contributed by atoms with E-state index in [2.05, 4.69) is 25.6 Å². The normalized spacial score (nSPS) is 10.2. The Kier molecular flexibility index (Phi) is 5.49. The van der Waals surface area contributed by atoms with Gasteiger partial charge in [-0.1, -0.05) is 30.3 Å². The van der Waals surface area contributed by atoms with Crippen LogP contribution in [0.5, 0.6) is 5.75 Å². The fourth-order valence-corrected chi connectivity index (χ4v) is 2.79. The summed E-state index contributed by atoms with van der Waals surface area (Å²) in [6, 6.07) is 19.2. The van der Waals surface area contributed by atoms with Gasteiger partial charge in [-0.25, -0.2) is 15.0 Å². The van der Waals surface area contributed by atoms with Gasteiger partial charge in [0.05, 0.1) is 11.7 Å². The van der Waals surface area contributed by atoms with Crippen molar-refractivity contribution in [1.29, 1.82) is 0 Å². The molecule has 0 atom stereocenters. The van der Waals surface area contributed by atoms with Crippen molar-refractivity contribution < 1.29 is 9.53 Å². The van der Waals surface area contributed by atoms with E-state index in [0.717, 1.165) is 17.0 Å². The molecule has 146 valence electrons. The molecule has 4 rings (SSSR count). The van der Waals surface area contributed by atoms with E-state index in [1.807, 2.05) is 60.5 Å². The average Bonchev–Trinajstić information content (AvgIpc) is 2.79. The van der Waals surface area contributed by atoms with Crippen LogP contribution in [0.4, 0.5) is 17.3 Å². The summed E-state index contributed by atoms with van der Waals surface area (Å²) >= 11 is 0. The van der Waals surface area contributed by atoms with Crippen LogP contribution in [0.25, 0.3) is 10.9 Å². The average molecular weight is 395 g/mol. The lowest BCUT2D eigenvalue weighted by Crippen LogP contribution is -2.09. The molecule has 30 heavy (non-hydrogen) atoms. The number of nitrogens with zero attached hydrogens (tertiary/aromatic N) is 3. The molecule has 0 unspecified atom stereocenters. The van der Waals surface area contributed by atoms with Crippen molar-refractivity contribution in [3.05, 3.63) is 78.8 Å². The number of fused-ring (bicyclic) bond motifs is 1. The van der Waals surface area contributed by atoms with E-state index in [0.29, 0.717) is 29.1 Å². The minimum absolute atomic E-state index is 0.327. The summed E-state index contributed by atoms with van der Waals surface area (Å²) in [6.07, 6.45) is 8.09. The second kappa shape index (κ2) is 8.71. The molecule has 2 N–H and O–H groups in total. The number of terminal acetylenes is 1. The van der Waals surface area contributed by atoms with Crippen LogP contribution in [0.1, 0.15) is 5.56 Å². The predicted octanol–water partition coefficient (Wildman–Crippen LogP) is 3.92. The summed E-state index contributed by atoms with van der Waals surface area (Å²) in [7, 11) is 0. The molecule has 7 nitrogen and oxygen atoms in total. The molecule has 0 saturated carbocycles. The maximum atomic E-state index is 11.4. The maximum Gasteiger partial charge on any atom is 0.301 e. The van der Waals surface area contributed by atoms with Crippen LogP contribution >= 0.6 is 0 Å². The molecule has 4 aromatic rings. The number of ether oxygens (including phenoxy) is 1. The van der Waals surface area contributed by atoms with Crippen LogP contribution in [-0.4, -0.2) is 20.9 Å². The van der Waals surface area contributed by atoms with Crippen molar-refractivity contribution in [2.75, 3.05) is 10.6 Å². The Morgan fingerprint density at radius 2 is 1.83 bits per heavy atom. The van der Waals surface area contributed by atoms with E-state index < -0.39 is 5.91 Å². The summed E-state index contributed by atoms with van der Waals surface area (Å²) < 4.78 is 5.81. The topological polar surface area (TPSA) is 89.0 Å². The second-order valence-electron chi connectivity index (χ2n) is 6.33. The van der Waals surface area contributed by atoms with Crippen molar-refractivity contribution in [3.63, 3.8) is 0 Å². The number of anilines is 3. The quantitative estimate of drug-likeness (QED) is 0.481. The van der Waals surface area contributed by atoms with Gasteiger partial charge in [-0.05, 0) is 41.8 Å². The monoisotopic (exact) mass is 395 g/mol. The highest BCUT2D eigenvalue weighted by molar-refractivity contribution is 6.04. The third-order valence-corrected chi connectivity index (χ3v) is 4.26. The van der Waals surface area contributed by atoms with Gasteiger partial charge in [0.2, 0.25) is 0 Å². The molecule has 7 heteroatoms. The Labute approximate surface area is 173 Å². The van der Waals surface area contributed by atoms with Gasteiger partial charge in [0, 0.05) is 11.1 Å². The summed E-state index contributed by atoms with van der Waals surface area (Å²) in [5.41, 5.74) is 2.57. The van der Waals surface area contributed by atoms with Crippen molar-refractivity contribution in [2.45, 2.75) is 6.61 Å². The van der Waals surface area contributed by atoms with Crippen molar-refractivity contribution in [2.24, 2.45) is 0 Å². The van der Waals surface area contributed by atoms with E-state index in [1.165, 1.54) is 6.33 Å². The number of rotatable bonds is 6. The van der Waals surface area contributed by atoms with Crippen LogP contribution in [-0.2, 0) is 11.4 Å². The zero-order chi connectivity index (χ0) is 20.8. The van der Waals surface area contributed by atoms with E-state index >= 15 is 0 Å². The Balaban J connectivity index is 1.50. The molecule has 0 fully saturated rings. The molecular weight excluding hydrogens is 378 g/mol. The number of carbonyl (C=O) groups is 1. The van der Waals surface area contributed by atoms with Crippen LogP contribution < -0.4 is 15.4 Å². The molecule has 1 amide bonds. The fourth-order valence-electron chi connectivity index (χ4n) is 2.79. The Bertz CT molecular complexity index is 1220. The van der Waals surface area contributed by atoms with Gasteiger partial charge in [0.15, 0.2) is 0 Å². The first-order valence-electron chi connectivity index (χ1n) is 9.13. The zero-order valence-corrected chi connectivity index (χ0v) is 15.9. The number of carbonyl (C=O) groups excluding carboxylic acids is 1. The second-order valence-corrected chi connectivity index (χ2v) is 6.33. The van der Waals surface area contributed by atoms with Crippen LogP contribution in [0.15, 0.2) is 73.2 Å². The van der Waals surface area contributed by atoms with Crippen molar-refractivity contribution in [3.8, 4) is 18.1 Å². The smallest absolute Gasteiger partial charge is 0.301 e. The number of benzene rings is 2. The fraction of sp³-hybridized carbons (Fsp3) is 0.0435. The third kappa shape index (κ3) is 4.51. The van der Waals surface area contributed by atoms with Gasteiger partial charge in [-0.15, -0.1) is 6.42 Å². The Hall–Kier alpha value is -4.44. The third-order valence-electron chi connectivity index (χ3n) is 4.26. The van der Waals surface area contributed by atoms with Crippen LogP contribution in [0.3, 0.4) is 0 Å². The Morgan fingerprint density at radius 1 is 1.03 bits per heavy atom. The summed E-state index contributed by atoms with van der Waals surface area (Å²) in [6.45, 7) is 0.503. The minimum Gasteiger partial charge on any atom is -0.489 e. The number of pyridine rings is 1. The van der Waals surface area contributed by atoms with E-state index in [9.17, 15) is 4.79 Å². The summed E-state index contributed by atoms with van der Waals surface area (Å²) in [4.78, 5) is 24.1. The lowest BCUT2D eigenvalue weighted by molar-refractivity contribution is -0.111. The van der Waals surface area contributed by atoms with E-state index in [1.54, 1.807) is 12.3 Å². The molecule has 0 radical (unpaired) electrons. The number of hydrogen-bond acceptors (Lipinski definition) is 6. The molecule has 0 spiro atoms. The van der Waals surface area contributed by atoms with Crippen molar-refractivity contribution >= 4 is 34.1 Å². The molecule has 0 aliphatic rings. The maximum absolute atomic E-state index is 11.4. The van der Waals surface area contributed by atoms with E-state index in [4.69, 9.17) is 11.2 Å². The first kappa shape index (κ1) is 18.9. The van der Waals surface area contributed by atoms with Crippen LogP contribution in [0.2, 0.25) is 0 Å². The van der Waals surface area contributed by atoms with Gasteiger partial charge >= 0.3 is 5.91 Å². The Morgan fingerprint density at radius 3 is 2.60 bits per heavy atom. The van der Waals surface area contributed by atoms with Gasteiger partial charge < -0.3 is 10.1 Å². The molecule has 2 aromatic carbocycles. The van der Waals surface area contributed by atoms with Crippen molar-refractivity contribution in [1.82, 2.24) is 15.0 Å².